The Balaban J connectivity index is 2.27. The smallest absolute Gasteiger partial charge is 0.162 e. The molecule has 0 atom stereocenters. The summed E-state index contributed by atoms with van der Waals surface area (Å²) < 4.78 is 44.1. The largest absolute Gasteiger partial charge is 0.457 e. The van der Waals surface area contributed by atoms with Crippen molar-refractivity contribution in [2.45, 2.75) is 5.88 Å². The fourth-order valence-electron chi connectivity index (χ4n) is 1.43. The van der Waals surface area contributed by atoms with Gasteiger partial charge in [-0.25, -0.2) is 13.2 Å². The Bertz CT molecular complexity index is 572. The zero-order valence-electron chi connectivity index (χ0n) is 9.09. The van der Waals surface area contributed by atoms with Crippen LogP contribution in [0.25, 0.3) is 0 Å². The minimum absolute atomic E-state index is 0.0834. The van der Waals surface area contributed by atoms with Crippen molar-refractivity contribution in [3.05, 3.63) is 59.4 Å². The summed E-state index contributed by atoms with van der Waals surface area (Å²) in [6, 6.07) is 7.01. The van der Waals surface area contributed by atoms with Gasteiger partial charge in [-0.3, -0.25) is 0 Å². The summed E-state index contributed by atoms with van der Waals surface area (Å²) in [6.07, 6.45) is 0. The van der Waals surface area contributed by atoms with Crippen molar-refractivity contribution in [2.24, 2.45) is 0 Å². The number of benzene rings is 2. The van der Waals surface area contributed by atoms with Crippen LogP contribution in [0.3, 0.4) is 0 Å². The van der Waals surface area contributed by atoms with Crippen LogP contribution < -0.4 is 4.74 Å². The molecular formula is C13H8ClF3O. The maximum atomic E-state index is 13.2. The molecule has 0 unspecified atom stereocenters. The van der Waals surface area contributed by atoms with Gasteiger partial charge in [0, 0.05) is 18.0 Å². The van der Waals surface area contributed by atoms with Crippen LogP contribution >= 0.6 is 11.6 Å². The van der Waals surface area contributed by atoms with Crippen molar-refractivity contribution >= 4 is 11.6 Å². The van der Waals surface area contributed by atoms with E-state index in [0.29, 0.717) is 5.56 Å². The molecule has 0 aliphatic carbocycles. The Labute approximate surface area is 107 Å². The third-order valence-corrected chi connectivity index (χ3v) is 2.52. The lowest BCUT2D eigenvalue weighted by Crippen LogP contribution is -1.90. The molecular weight excluding hydrogens is 265 g/mol. The van der Waals surface area contributed by atoms with Crippen LogP contribution in [0.1, 0.15) is 5.56 Å². The van der Waals surface area contributed by atoms with Crippen LogP contribution in [0.2, 0.25) is 0 Å². The van der Waals surface area contributed by atoms with Gasteiger partial charge in [-0.2, -0.15) is 0 Å². The lowest BCUT2D eigenvalue weighted by Gasteiger charge is -2.07. The van der Waals surface area contributed by atoms with E-state index < -0.39 is 17.5 Å². The van der Waals surface area contributed by atoms with Gasteiger partial charge in [-0.15, -0.1) is 11.6 Å². The van der Waals surface area contributed by atoms with Gasteiger partial charge in [0.05, 0.1) is 0 Å². The van der Waals surface area contributed by atoms with Gasteiger partial charge in [0.1, 0.15) is 17.3 Å². The molecule has 0 radical (unpaired) electrons. The van der Waals surface area contributed by atoms with E-state index in [0.717, 1.165) is 18.2 Å². The molecule has 0 aromatic heterocycles. The normalized spacial score (nSPS) is 10.4. The summed E-state index contributed by atoms with van der Waals surface area (Å²) in [6.45, 7) is 0. The van der Waals surface area contributed by atoms with Crippen molar-refractivity contribution in [3.8, 4) is 11.5 Å². The molecule has 5 heteroatoms. The molecule has 0 saturated carbocycles. The van der Waals surface area contributed by atoms with Crippen LogP contribution in [0.5, 0.6) is 11.5 Å². The highest BCUT2D eigenvalue weighted by Gasteiger charge is 2.06. The molecule has 0 fully saturated rings. The molecule has 1 nitrogen and oxygen atoms in total. The maximum absolute atomic E-state index is 13.2. The van der Waals surface area contributed by atoms with Gasteiger partial charge in [0.2, 0.25) is 0 Å². The average molecular weight is 273 g/mol. The standard InChI is InChI=1S/C13H8ClF3O/c14-7-8-3-9(15)5-11(4-8)18-10-1-2-12(16)13(17)6-10/h1-6H,7H2. The van der Waals surface area contributed by atoms with Gasteiger partial charge in [-0.1, -0.05) is 0 Å². The lowest BCUT2D eigenvalue weighted by molar-refractivity contribution is 0.457. The topological polar surface area (TPSA) is 9.23 Å². The summed E-state index contributed by atoms with van der Waals surface area (Å²) >= 11 is 5.59. The van der Waals surface area contributed by atoms with Crippen LogP contribution in [0.4, 0.5) is 13.2 Å². The first-order valence-electron chi connectivity index (χ1n) is 5.07. The van der Waals surface area contributed by atoms with E-state index in [4.69, 9.17) is 16.3 Å². The molecule has 2 aromatic rings. The Hall–Kier alpha value is -1.68. The van der Waals surface area contributed by atoms with Crippen LogP contribution in [0.15, 0.2) is 36.4 Å². The van der Waals surface area contributed by atoms with E-state index in [1.54, 1.807) is 0 Å². The first-order valence-corrected chi connectivity index (χ1v) is 5.60. The highest BCUT2D eigenvalue weighted by atomic mass is 35.5. The second-order valence-corrected chi connectivity index (χ2v) is 3.87. The highest BCUT2D eigenvalue weighted by Crippen LogP contribution is 2.25. The minimum Gasteiger partial charge on any atom is -0.457 e. The van der Waals surface area contributed by atoms with Gasteiger partial charge >= 0.3 is 0 Å². The second-order valence-electron chi connectivity index (χ2n) is 3.61. The molecule has 94 valence electrons. The molecule has 0 aliphatic rings. The van der Waals surface area contributed by atoms with Crippen LogP contribution in [0, 0.1) is 17.5 Å². The quantitative estimate of drug-likeness (QED) is 0.740. The maximum Gasteiger partial charge on any atom is 0.162 e. The zero-order valence-corrected chi connectivity index (χ0v) is 9.85. The SMILES string of the molecule is Fc1cc(CCl)cc(Oc2ccc(F)c(F)c2)c1. The number of halogens is 4. The Kier molecular flexibility index (Phi) is 3.77. The predicted molar refractivity (Wildman–Crippen MR) is 62.4 cm³/mol. The first-order chi connectivity index (χ1) is 8.58. The third kappa shape index (κ3) is 2.96. The molecule has 0 bridgehead atoms. The molecule has 18 heavy (non-hydrogen) atoms. The Morgan fingerprint density at radius 2 is 1.67 bits per heavy atom. The molecule has 0 N–H and O–H groups in total. The van der Waals surface area contributed by atoms with Crippen LogP contribution in [-0.2, 0) is 5.88 Å². The van der Waals surface area contributed by atoms with Crippen molar-refractivity contribution in [3.63, 3.8) is 0 Å². The van der Waals surface area contributed by atoms with Crippen LogP contribution in [-0.4, -0.2) is 0 Å². The summed E-state index contributed by atoms with van der Waals surface area (Å²) in [5, 5.41) is 0. The van der Waals surface area contributed by atoms with Crippen molar-refractivity contribution in [1.29, 1.82) is 0 Å². The fraction of sp³-hybridized carbons (Fsp3) is 0.0769. The predicted octanol–water partition coefficient (Wildman–Crippen LogP) is 4.64. The van der Waals surface area contributed by atoms with E-state index in [9.17, 15) is 13.2 Å². The monoisotopic (exact) mass is 272 g/mol. The van der Waals surface area contributed by atoms with Crippen molar-refractivity contribution < 1.29 is 17.9 Å². The summed E-state index contributed by atoms with van der Waals surface area (Å²) in [4.78, 5) is 0. The summed E-state index contributed by atoms with van der Waals surface area (Å²) in [5.74, 6) is -2.11. The van der Waals surface area contributed by atoms with E-state index >= 15 is 0 Å². The minimum atomic E-state index is -1.03. The van der Waals surface area contributed by atoms with E-state index in [1.807, 2.05) is 0 Å². The van der Waals surface area contributed by atoms with E-state index in [1.165, 1.54) is 18.2 Å². The van der Waals surface area contributed by atoms with Gasteiger partial charge < -0.3 is 4.74 Å². The van der Waals surface area contributed by atoms with Gasteiger partial charge in [-0.05, 0) is 29.8 Å². The zero-order chi connectivity index (χ0) is 13.1. The number of hydrogen-bond acceptors (Lipinski definition) is 1. The van der Waals surface area contributed by atoms with Gasteiger partial charge in [0.15, 0.2) is 11.6 Å². The van der Waals surface area contributed by atoms with E-state index in [2.05, 4.69) is 0 Å². The molecule has 0 saturated heterocycles. The third-order valence-electron chi connectivity index (χ3n) is 2.21. The Morgan fingerprint density at radius 1 is 0.889 bits per heavy atom. The first kappa shape index (κ1) is 12.8. The Morgan fingerprint density at radius 3 is 2.33 bits per heavy atom. The highest BCUT2D eigenvalue weighted by molar-refractivity contribution is 6.17. The molecule has 0 amide bonds. The molecule has 2 rings (SSSR count). The second kappa shape index (κ2) is 5.31. The van der Waals surface area contributed by atoms with Crippen molar-refractivity contribution in [2.75, 3.05) is 0 Å². The number of alkyl halides is 1. The average Bonchev–Trinajstić information content (AvgIpc) is 2.33. The molecule has 0 heterocycles. The lowest BCUT2D eigenvalue weighted by atomic mass is 10.2. The number of rotatable bonds is 3. The number of ether oxygens (including phenoxy) is 1. The molecule has 0 aliphatic heterocycles. The summed E-state index contributed by atoms with van der Waals surface area (Å²) in [5.41, 5.74) is 0.536. The van der Waals surface area contributed by atoms with Gasteiger partial charge in [0.25, 0.3) is 0 Å². The summed E-state index contributed by atoms with van der Waals surface area (Å²) in [7, 11) is 0. The van der Waals surface area contributed by atoms with E-state index in [-0.39, 0.29) is 17.4 Å². The molecule has 2 aromatic carbocycles. The number of hydrogen-bond donors (Lipinski definition) is 0. The molecule has 0 spiro atoms. The fourth-order valence-corrected chi connectivity index (χ4v) is 1.59. The van der Waals surface area contributed by atoms with Crippen molar-refractivity contribution in [1.82, 2.24) is 0 Å².